The van der Waals surface area contributed by atoms with Crippen LogP contribution in [-0.2, 0) is 0 Å². The van der Waals surface area contributed by atoms with E-state index in [1.54, 1.807) is 36.4 Å². The van der Waals surface area contributed by atoms with Crippen LogP contribution < -0.4 is 10.6 Å². The van der Waals surface area contributed by atoms with Gasteiger partial charge in [0, 0.05) is 36.1 Å². The average molecular weight is 546 g/mol. The van der Waals surface area contributed by atoms with E-state index in [0.717, 1.165) is 19.3 Å². The molecule has 0 saturated heterocycles. The molecule has 208 valence electrons. The van der Waals surface area contributed by atoms with E-state index in [1.807, 2.05) is 11.9 Å². The van der Waals surface area contributed by atoms with Gasteiger partial charge in [0.25, 0.3) is 5.91 Å². The minimum atomic E-state index is -4.65. The smallest absolute Gasteiger partial charge is 0.384 e. The second-order valence-corrected chi connectivity index (χ2v) is 9.44. The highest BCUT2D eigenvalue weighted by Gasteiger charge is 2.35. The molecule has 0 unspecified atom stereocenters. The van der Waals surface area contributed by atoms with Gasteiger partial charge in [-0.3, -0.25) is 4.79 Å². The second-order valence-electron chi connectivity index (χ2n) is 9.44. The number of rotatable bonds is 13. The minimum absolute atomic E-state index is 0.122. The van der Waals surface area contributed by atoms with Crippen LogP contribution in [0.5, 0.6) is 0 Å². The summed E-state index contributed by atoms with van der Waals surface area (Å²) in [6, 6.07) is 6.99. The number of fused-ring (bicyclic) bond motifs is 1. The Balaban J connectivity index is 1.50. The lowest BCUT2D eigenvalue weighted by molar-refractivity contribution is -0.0688. The summed E-state index contributed by atoms with van der Waals surface area (Å²) in [4.78, 5) is 20.0. The zero-order valence-electron chi connectivity index (χ0n) is 21.6. The maximum atomic E-state index is 13.6. The summed E-state index contributed by atoms with van der Waals surface area (Å²) >= 11 is 0. The molecular formula is C27H31F4N7O. The Kier molecular flexibility index (Phi) is 8.95. The highest BCUT2D eigenvalue weighted by Crippen LogP contribution is 2.37. The number of anilines is 1. The number of halogens is 4. The summed E-state index contributed by atoms with van der Waals surface area (Å²) < 4.78 is 53.4. The lowest BCUT2D eigenvalue weighted by Crippen LogP contribution is -2.24. The number of allylic oxidation sites excluding steroid dienone is 1. The van der Waals surface area contributed by atoms with Gasteiger partial charge in [0.2, 0.25) is 0 Å². The van der Waals surface area contributed by atoms with Crippen molar-refractivity contribution in [2.75, 3.05) is 45.2 Å². The second kappa shape index (κ2) is 12.4. The molecule has 1 fully saturated rings. The van der Waals surface area contributed by atoms with Crippen LogP contribution in [-0.4, -0.2) is 76.9 Å². The summed E-state index contributed by atoms with van der Waals surface area (Å²) in [6.07, 6.45) is 2.62. The number of amides is 1. The third-order valence-electron chi connectivity index (χ3n) is 6.30. The fourth-order valence-electron chi connectivity index (χ4n) is 4.01. The van der Waals surface area contributed by atoms with E-state index >= 15 is 0 Å². The van der Waals surface area contributed by atoms with Crippen LogP contribution in [0.3, 0.4) is 0 Å². The molecule has 0 spiro atoms. The molecule has 0 atom stereocenters. The number of pyridine rings is 1. The molecule has 2 heterocycles. The molecule has 0 bridgehead atoms. The number of aromatic nitrogens is 4. The molecule has 3 aromatic rings. The van der Waals surface area contributed by atoms with Gasteiger partial charge in [-0.1, -0.05) is 24.8 Å². The van der Waals surface area contributed by atoms with Gasteiger partial charge in [-0.25, -0.2) is 9.37 Å². The van der Waals surface area contributed by atoms with E-state index in [0.29, 0.717) is 36.1 Å². The van der Waals surface area contributed by atoms with E-state index in [9.17, 15) is 22.4 Å². The first kappa shape index (κ1) is 28.2. The van der Waals surface area contributed by atoms with E-state index in [1.165, 1.54) is 11.0 Å². The van der Waals surface area contributed by atoms with E-state index < -0.39 is 24.3 Å². The van der Waals surface area contributed by atoms with Gasteiger partial charge in [0.05, 0.1) is 29.2 Å². The Bertz CT molecular complexity index is 1350. The highest BCUT2D eigenvalue weighted by atomic mass is 19.4. The number of benzene rings is 1. The van der Waals surface area contributed by atoms with Gasteiger partial charge in [0.15, 0.2) is 5.69 Å². The van der Waals surface area contributed by atoms with Gasteiger partial charge in [-0.05, 0) is 51.1 Å². The molecule has 1 aromatic carbocycles. The van der Waals surface area contributed by atoms with E-state index in [-0.39, 0.29) is 29.7 Å². The molecule has 2 N–H and O–H groups in total. The summed E-state index contributed by atoms with van der Waals surface area (Å²) in [5, 5.41) is 15.1. The van der Waals surface area contributed by atoms with Gasteiger partial charge in [-0.2, -0.15) is 23.1 Å². The fourth-order valence-corrected chi connectivity index (χ4v) is 4.01. The summed E-state index contributed by atoms with van der Waals surface area (Å²) in [6.45, 7) is 4.54. The Morgan fingerprint density at radius 2 is 2.05 bits per heavy atom. The molecule has 4 rings (SSSR count). The average Bonchev–Trinajstić information content (AvgIpc) is 3.63. The van der Waals surface area contributed by atoms with Crippen molar-refractivity contribution in [1.82, 2.24) is 30.2 Å². The number of hydrogen-bond acceptors (Lipinski definition) is 6. The quantitative estimate of drug-likeness (QED) is 0.235. The van der Waals surface area contributed by atoms with Gasteiger partial charge in [-0.15, -0.1) is 5.10 Å². The number of hydrogen-bond donors (Lipinski definition) is 2. The first-order valence-corrected chi connectivity index (χ1v) is 12.7. The SMILES string of the molecule is C=C(c1nc(/C=C/CNC(=O)c2cnn(C3CC3)n2)cc2c(NCCCN(C)CCF)cccc12)C(F)(F)F. The zero-order chi connectivity index (χ0) is 28.0. The van der Waals surface area contributed by atoms with Crippen molar-refractivity contribution in [2.24, 2.45) is 0 Å². The normalized spacial score (nSPS) is 13.9. The molecule has 1 saturated carbocycles. The van der Waals surface area contributed by atoms with Crippen LogP contribution in [0.1, 0.15) is 47.2 Å². The first-order valence-electron chi connectivity index (χ1n) is 12.7. The summed E-state index contributed by atoms with van der Waals surface area (Å²) in [5.41, 5.74) is -0.157. The largest absolute Gasteiger partial charge is 0.417 e. The molecular weight excluding hydrogens is 514 g/mol. The maximum Gasteiger partial charge on any atom is 0.417 e. The number of nitrogens with zero attached hydrogens (tertiary/aromatic N) is 5. The third kappa shape index (κ3) is 7.41. The monoisotopic (exact) mass is 545 g/mol. The minimum Gasteiger partial charge on any atom is -0.384 e. The Morgan fingerprint density at radius 1 is 1.26 bits per heavy atom. The van der Waals surface area contributed by atoms with Crippen molar-refractivity contribution < 1.29 is 22.4 Å². The lowest BCUT2D eigenvalue weighted by atomic mass is 10.0. The standard InChI is InChI=1S/C27H31F4N7O/c1-18(27(29,30)31)25-21-7-3-8-23(32-13-5-14-37(2)15-11-28)22(21)16-19(35-25)6-4-12-33-26(39)24-17-34-38(36-24)20-9-10-20/h3-4,6-8,16-17,20,32H,1,5,9-15H2,2H3,(H,33,39)/b6-4+. The van der Waals surface area contributed by atoms with Crippen LogP contribution in [0.25, 0.3) is 22.4 Å². The van der Waals surface area contributed by atoms with Crippen LogP contribution in [0, 0.1) is 0 Å². The summed E-state index contributed by atoms with van der Waals surface area (Å²) in [7, 11) is 1.83. The number of alkyl halides is 4. The Labute approximate surface area is 223 Å². The van der Waals surface area contributed by atoms with Crippen molar-refractivity contribution in [1.29, 1.82) is 0 Å². The molecule has 39 heavy (non-hydrogen) atoms. The van der Waals surface area contributed by atoms with Crippen molar-refractivity contribution in [2.45, 2.75) is 31.5 Å². The third-order valence-corrected chi connectivity index (χ3v) is 6.30. The topological polar surface area (TPSA) is 88.0 Å². The molecule has 2 aromatic heterocycles. The Hall–Kier alpha value is -3.80. The number of carbonyl (C=O) groups is 1. The van der Waals surface area contributed by atoms with Gasteiger partial charge < -0.3 is 15.5 Å². The molecule has 1 aliphatic rings. The van der Waals surface area contributed by atoms with Crippen LogP contribution >= 0.6 is 0 Å². The lowest BCUT2D eigenvalue weighted by Gasteiger charge is -2.17. The van der Waals surface area contributed by atoms with Crippen LogP contribution in [0.4, 0.5) is 23.2 Å². The van der Waals surface area contributed by atoms with Crippen molar-refractivity contribution in [3.8, 4) is 0 Å². The number of nitrogens with one attached hydrogen (secondary N) is 2. The predicted molar refractivity (Wildman–Crippen MR) is 143 cm³/mol. The van der Waals surface area contributed by atoms with E-state index in [4.69, 9.17) is 0 Å². The zero-order valence-corrected chi connectivity index (χ0v) is 21.6. The predicted octanol–water partition coefficient (Wildman–Crippen LogP) is 4.88. The highest BCUT2D eigenvalue weighted by molar-refractivity contribution is 6.00. The first-order chi connectivity index (χ1) is 18.7. The van der Waals surface area contributed by atoms with Crippen LogP contribution in [0.2, 0.25) is 0 Å². The maximum absolute atomic E-state index is 13.6. The Morgan fingerprint density at radius 3 is 2.77 bits per heavy atom. The van der Waals surface area contributed by atoms with Crippen LogP contribution in [0.15, 0.2) is 43.1 Å². The molecule has 0 aliphatic heterocycles. The van der Waals surface area contributed by atoms with Crippen molar-refractivity contribution >= 4 is 34.0 Å². The molecule has 8 nitrogen and oxygen atoms in total. The van der Waals surface area contributed by atoms with Gasteiger partial charge in [0.1, 0.15) is 6.67 Å². The molecule has 1 amide bonds. The molecule has 12 heteroatoms. The summed E-state index contributed by atoms with van der Waals surface area (Å²) in [5.74, 6) is -0.396. The fraction of sp³-hybridized carbons (Fsp3) is 0.407. The van der Waals surface area contributed by atoms with Crippen molar-refractivity contribution in [3.05, 3.63) is 60.2 Å². The molecule has 0 radical (unpaired) electrons. The molecule has 1 aliphatic carbocycles. The van der Waals surface area contributed by atoms with Gasteiger partial charge >= 0.3 is 6.18 Å². The van der Waals surface area contributed by atoms with E-state index in [2.05, 4.69) is 32.4 Å². The van der Waals surface area contributed by atoms with Crippen molar-refractivity contribution in [3.63, 3.8) is 0 Å². The number of carbonyl (C=O) groups excluding carboxylic acids is 1.